The predicted octanol–water partition coefficient (Wildman–Crippen LogP) is 2.29. The third kappa shape index (κ3) is 3.72. The van der Waals surface area contributed by atoms with Crippen molar-refractivity contribution in [2.75, 3.05) is 13.1 Å². The number of hydrogen-bond acceptors (Lipinski definition) is 3. The molecule has 1 N–H and O–H groups in total. The smallest absolute Gasteiger partial charge is 0.261 e. The Hall–Kier alpha value is -2.17. The van der Waals surface area contributed by atoms with Crippen molar-refractivity contribution in [3.8, 4) is 0 Å². The molecule has 1 heterocycles. The summed E-state index contributed by atoms with van der Waals surface area (Å²) in [5.74, 6) is -0.374. The summed E-state index contributed by atoms with van der Waals surface area (Å²) < 4.78 is 0. The summed E-state index contributed by atoms with van der Waals surface area (Å²) >= 11 is 0. The number of nitrogens with zero attached hydrogens (tertiary/aromatic N) is 1. The van der Waals surface area contributed by atoms with E-state index in [1.165, 1.54) is 11.8 Å². The largest absolute Gasteiger partial charge is 0.356 e. The minimum Gasteiger partial charge on any atom is -0.356 e. The van der Waals surface area contributed by atoms with Crippen LogP contribution in [0.4, 0.5) is 0 Å². The molecule has 5 nitrogen and oxygen atoms in total. The highest BCUT2D eigenvalue weighted by atomic mass is 16.2. The summed E-state index contributed by atoms with van der Waals surface area (Å²) in [5.41, 5.74) is 2.02. The van der Waals surface area contributed by atoms with Crippen LogP contribution in [0.2, 0.25) is 0 Å². The first-order valence-electron chi connectivity index (χ1n) is 7.72. The van der Waals surface area contributed by atoms with Crippen LogP contribution < -0.4 is 5.32 Å². The lowest BCUT2D eigenvalue weighted by molar-refractivity contribution is -0.118. The number of imide groups is 1. The van der Waals surface area contributed by atoms with Crippen LogP contribution in [0, 0.1) is 6.92 Å². The molecule has 1 aliphatic rings. The third-order valence-corrected chi connectivity index (χ3v) is 3.81. The molecule has 0 spiro atoms. The Morgan fingerprint density at radius 2 is 1.73 bits per heavy atom. The molecule has 0 saturated carbocycles. The van der Waals surface area contributed by atoms with Crippen LogP contribution in [0.25, 0.3) is 0 Å². The summed E-state index contributed by atoms with van der Waals surface area (Å²) in [6, 6.07) is 5.37. The number of hydrogen-bond donors (Lipinski definition) is 1. The van der Waals surface area contributed by atoms with Gasteiger partial charge in [-0.05, 0) is 31.9 Å². The second-order valence-electron chi connectivity index (χ2n) is 5.71. The van der Waals surface area contributed by atoms with Gasteiger partial charge in [0.25, 0.3) is 11.8 Å². The molecule has 118 valence electrons. The first-order valence-corrected chi connectivity index (χ1v) is 7.72. The lowest BCUT2D eigenvalue weighted by Gasteiger charge is -2.13. The zero-order chi connectivity index (χ0) is 16.1. The Balaban J connectivity index is 1.77. The van der Waals surface area contributed by atoms with Gasteiger partial charge < -0.3 is 5.32 Å². The molecular formula is C17H22N2O3. The van der Waals surface area contributed by atoms with Gasteiger partial charge in [0.1, 0.15) is 0 Å². The highest BCUT2D eigenvalue weighted by molar-refractivity contribution is 6.21. The Bertz CT molecular complexity index is 596. The SMILES string of the molecule is CC(=O)NCCCCCCN1C(=O)c2ccc(C)cc2C1=O. The van der Waals surface area contributed by atoms with Crippen molar-refractivity contribution in [2.45, 2.75) is 39.5 Å². The number of fused-ring (bicyclic) bond motifs is 1. The molecule has 0 aromatic heterocycles. The molecule has 1 aromatic rings. The lowest BCUT2D eigenvalue weighted by atomic mass is 10.1. The van der Waals surface area contributed by atoms with Gasteiger partial charge in [-0.15, -0.1) is 0 Å². The average Bonchev–Trinajstić information content (AvgIpc) is 2.70. The molecule has 0 aliphatic carbocycles. The van der Waals surface area contributed by atoms with E-state index in [4.69, 9.17) is 0 Å². The number of carbonyl (C=O) groups is 3. The standard InChI is InChI=1S/C17H22N2O3/c1-12-7-8-14-15(11-12)17(22)19(16(14)21)10-6-4-3-5-9-18-13(2)20/h7-8,11H,3-6,9-10H2,1-2H3,(H,18,20). The molecule has 0 atom stereocenters. The molecule has 1 aromatic carbocycles. The zero-order valence-corrected chi connectivity index (χ0v) is 13.1. The fourth-order valence-electron chi connectivity index (χ4n) is 2.62. The number of carbonyl (C=O) groups excluding carboxylic acids is 3. The van der Waals surface area contributed by atoms with Crippen molar-refractivity contribution in [1.82, 2.24) is 10.2 Å². The molecule has 0 bridgehead atoms. The van der Waals surface area contributed by atoms with Crippen LogP contribution in [0.5, 0.6) is 0 Å². The van der Waals surface area contributed by atoms with E-state index in [0.717, 1.165) is 31.2 Å². The number of benzene rings is 1. The van der Waals surface area contributed by atoms with Crippen molar-refractivity contribution in [3.05, 3.63) is 34.9 Å². The molecule has 2 rings (SSSR count). The molecule has 1 aliphatic heterocycles. The molecule has 0 saturated heterocycles. The van der Waals surface area contributed by atoms with E-state index in [2.05, 4.69) is 5.32 Å². The second-order valence-corrected chi connectivity index (χ2v) is 5.71. The van der Waals surface area contributed by atoms with Crippen molar-refractivity contribution in [2.24, 2.45) is 0 Å². The van der Waals surface area contributed by atoms with Crippen LogP contribution in [-0.2, 0) is 4.79 Å². The van der Waals surface area contributed by atoms with E-state index in [1.54, 1.807) is 12.1 Å². The highest BCUT2D eigenvalue weighted by Crippen LogP contribution is 2.24. The van der Waals surface area contributed by atoms with E-state index in [-0.39, 0.29) is 17.7 Å². The monoisotopic (exact) mass is 302 g/mol. The maximum atomic E-state index is 12.3. The fourth-order valence-corrected chi connectivity index (χ4v) is 2.62. The molecule has 3 amide bonds. The Morgan fingerprint density at radius 3 is 2.45 bits per heavy atom. The summed E-state index contributed by atoms with van der Waals surface area (Å²) in [6.45, 7) is 4.56. The summed E-state index contributed by atoms with van der Waals surface area (Å²) in [6.07, 6.45) is 3.62. The molecular weight excluding hydrogens is 280 g/mol. The maximum Gasteiger partial charge on any atom is 0.261 e. The third-order valence-electron chi connectivity index (χ3n) is 3.81. The van der Waals surface area contributed by atoms with Crippen LogP contribution in [0.15, 0.2) is 18.2 Å². The summed E-state index contributed by atoms with van der Waals surface area (Å²) in [7, 11) is 0. The summed E-state index contributed by atoms with van der Waals surface area (Å²) in [4.78, 5) is 36.5. The lowest BCUT2D eigenvalue weighted by Crippen LogP contribution is -2.30. The number of rotatable bonds is 7. The molecule has 5 heteroatoms. The normalized spacial score (nSPS) is 13.5. The van der Waals surface area contributed by atoms with Gasteiger partial charge in [0, 0.05) is 20.0 Å². The highest BCUT2D eigenvalue weighted by Gasteiger charge is 2.34. The second kappa shape index (κ2) is 7.20. The zero-order valence-electron chi connectivity index (χ0n) is 13.1. The van der Waals surface area contributed by atoms with E-state index in [0.29, 0.717) is 24.2 Å². The van der Waals surface area contributed by atoms with Gasteiger partial charge in [0.05, 0.1) is 11.1 Å². The van der Waals surface area contributed by atoms with Crippen LogP contribution >= 0.6 is 0 Å². The first kappa shape index (κ1) is 16.2. The minimum atomic E-state index is -0.182. The average molecular weight is 302 g/mol. The van der Waals surface area contributed by atoms with Crippen LogP contribution in [0.1, 0.15) is 58.9 Å². The van der Waals surface area contributed by atoms with Gasteiger partial charge in [-0.3, -0.25) is 19.3 Å². The number of unbranched alkanes of at least 4 members (excludes halogenated alkanes) is 3. The molecule has 0 unspecified atom stereocenters. The molecule has 22 heavy (non-hydrogen) atoms. The maximum absolute atomic E-state index is 12.3. The Labute approximate surface area is 130 Å². The van der Waals surface area contributed by atoms with Crippen molar-refractivity contribution in [3.63, 3.8) is 0 Å². The van der Waals surface area contributed by atoms with Gasteiger partial charge in [-0.1, -0.05) is 24.5 Å². The van der Waals surface area contributed by atoms with Gasteiger partial charge in [0.15, 0.2) is 0 Å². The first-order chi connectivity index (χ1) is 10.5. The van der Waals surface area contributed by atoms with Crippen LogP contribution in [-0.4, -0.2) is 35.7 Å². The van der Waals surface area contributed by atoms with E-state index in [1.807, 2.05) is 13.0 Å². The fraction of sp³-hybridized carbons (Fsp3) is 0.471. The number of aryl methyl sites for hydroxylation is 1. The molecule has 0 fully saturated rings. The quantitative estimate of drug-likeness (QED) is 0.621. The molecule has 0 radical (unpaired) electrons. The van der Waals surface area contributed by atoms with Gasteiger partial charge in [-0.2, -0.15) is 0 Å². The minimum absolute atomic E-state index is 0.0127. The number of nitrogens with one attached hydrogen (secondary N) is 1. The Morgan fingerprint density at radius 1 is 1.05 bits per heavy atom. The van der Waals surface area contributed by atoms with Gasteiger partial charge in [0.2, 0.25) is 5.91 Å². The van der Waals surface area contributed by atoms with Gasteiger partial charge in [-0.25, -0.2) is 0 Å². The van der Waals surface area contributed by atoms with Crippen molar-refractivity contribution < 1.29 is 14.4 Å². The van der Waals surface area contributed by atoms with E-state index < -0.39 is 0 Å². The van der Waals surface area contributed by atoms with Crippen molar-refractivity contribution in [1.29, 1.82) is 0 Å². The predicted molar refractivity (Wildman–Crippen MR) is 83.7 cm³/mol. The van der Waals surface area contributed by atoms with E-state index in [9.17, 15) is 14.4 Å². The Kier molecular flexibility index (Phi) is 5.31. The topological polar surface area (TPSA) is 66.5 Å². The van der Waals surface area contributed by atoms with E-state index >= 15 is 0 Å². The van der Waals surface area contributed by atoms with Crippen molar-refractivity contribution >= 4 is 17.7 Å². The summed E-state index contributed by atoms with van der Waals surface area (Å²) in [5, 5.41) is 2.75. The van der Waals surface area contributed by atoms with Crippen LogP contribution in [0.3, 0.4) is 0 Å². The number of amides is 3. The van der Waals surface area contributed by atoms with Gasteiger partial charge >= 0.3 is 0 Å².